The van der Waals surface area contributed by atoms with Crippen LogP contribution in [-0.2, 0) is 0 Å². The van der Waals surface area contributed by atoms with Crippen LogP contribution in [0, 0.1) is 0 Å². The number of hydrogen-bond acceptors (Lipinski definition) is 4. The summed E-state index contributed by atoms with van der Waals surface area (Å²) in [6.07, 6.45) is 0. The molecular weight excluding hydrogens is 921 g/mol. The second kappa shape index (κ2) is 20.4. The Morgan fingerprint density at radius 3 is 0.592 bits per heavy atom. The zero-order chi connectivity index (χ0) is 50.6. The van der Waals surface area contributed by atoms with E-state index >= 15 is 0 Å². The van der Waals surface area contributed by atoms with E-state index in [1.165, 1.54) is 32.3 Å². The Kier molecular flexibility index (Phi) is 12.3. The van der Waals surface area contributed by atoms with Gasteiger partial charge in [0.1, 0.15) is 0 Å². The van der Waals surface area contributed by atoms with Crippen LogP contribution in [0.5, 0.6) is 0 Å². The van der Waals surface area contributed by atoms with Gasteiger partial charge in [0.25, 0.3) is 0 Å². The predicted octanol–water partition coefficient (Wildman–Crippen LogP) is 20.7. The molecule has 0 atom stereocenters. The Labute approximate surface area is 444 Å². The van der Waals surface area contributed by atoms with Gasteiger partial charge in [0.05, 0.1) is 0 Å². The van der Waals surface area contributed by atoms with Gasteiger partial charge in [-0.3, -0.25) is 0 Å². The quantitative estimate of drug-likeness (QED) is 0.114. The van der Waals surface area contributed by atoms with Crippen molar-refractivity contribution in [2.45, 2.75) is 0 Å². The lowest BCUT2D eigenvalue weighted by molar-refractivity contribution is 1.28. The lowest BCUT2D eigenvalue weighted by atomic mass is 10.0. The summed E-state index contributed by atoms with van der Waals surface area (Å²) in [4.78, 5) is 9.34. The van der Waals surface area contributed by atoms with E-state index in [1.54, 1.807) is 0 Å². The highest BCUT2D eigenvalue weighted by Gasteiger charge is 2.19. The van der Waals surface area contributed by atoms with Gasteiger partial charge in [0.2, 0.25) is 0 Å². The van der Waals surface area contributed by atoms with Crippen LogP contribution in [0.1, 0.15) is 0 Å². The third-order valence-electron chi connectivity index (χ3n) is 14.3. The number of fused-ring (bicyclic) bond motifs is 3. The number of benzene rings is 13. The van der Waals surface area contributed by atoms with Crippen molar-refractivity contribution in [1.29, 1.82) is 0 Å². The highest BCUT2D eigenvalue weighted by atomic mass is 15.2. The molecule has 0 aliphatic heterocycles. The van der Waals surface area contributed by atoms with Crippen molar-refractivity contribution >= 4 is 101 Å². The molecule has 76 heavy (non-hydrogen) atoms. The molecule has 13 aromatic carbocycles. The zero-order valence-electron chi connectivity index (χ0n) is 41.8. The topological polar surface area (TPSA) is 13.0 Å². The van der Waals surface area contributed by atoms with Gasteiger partial charge in [-0.05, 0) is 189 Å². The van der Waals surface area contributed by atoms with Crippen LogP contribution < -0.4 is 19.6 Å². The van der Waals surface area contributed by atoms with Crippen molar-refractivity contribution < 1.29 is 0 Å². The number of nitrogens with zero attached hydrogens (tertiary/aromatic N) is 4. The molecule has 0 fully saturated rings. The van der Waals surface area contributed by atoms with E-state index in [0.717, 1.165) is 79.4 Å². The molecule has 0 bridgehead atoms. The van der Waals surface area contributed by atoms with Crippen LogP contribution in [0.3, 0.4) is 0 Å². The van der Waals surface area contributed by atoms with Gasteiger partial charge in [-0.25, -0.2) is 0 Å². The first-order valence-electron chi connectivity index (χ1n) is 25.9. The van der Waals surface area contributed by atoms with E-state index in [9.17, 15) is 0 Å². The molecule has 0 aliphatic carbocycles. The van der Waals surface area contributed by atoms with Crippen LogP contribution in [0.4, 0.5) is 68.2 Å². The minimum absolute atomic E-state index is 1.08. The summed E-state index contributed by atoms with van der Waals surface area (Å²) >= 11 is 0. The smallest absolute Gasteiger partial charge is 0.0468 e. The Bertz CT molecular complexity index is 4010. The molecule has 4 heteroatoms. The molecule has 0 amide bonds. The molecule has 13 aromatic rings. The number of anilines is 12. The number of rotatable bonds is 13. The van der Waals surface area contributed by atoms with Crippen molar-refractivity contribution in [2.24, 2.45) is 0 Å². The predicted molar refractivity (Wildman–Crippen MR) is 323 cm³/mol. The second-order valence-corrected chi connectivity index (χ2v) is 19.1. The van der Waals surface area contributed by atoms with Crippen LogP contribution in [0.25, 0.3) is 43.4 Å². The van der Waals surface area contributed by atoms with Crippen LogP contribution in [0.15, 0.2) is 315 Å². The van der Waals surface area contributed by atoms with Crippen molar-refractivity contribution in [2.75, 3.05) is 19.6 Å². The standard InChI is InChI=1S/C72H52N4/c1-6-20-61(21-7-1)73(62-22-8-2-9-23-62)68-44-35-58-51-70(46-37-57(58)49-68)75(65-28-14-5-15-29-65)66-39-30-54(31-40-66)55-32-41-67(42-33-55)76(71-43-34-53-18-16-17-19-56(53)48-71)72-47-38-59-50-69(45-36-60(59)52-72)74(63-24-10-3-11-25-63)64-26-12-4-13-27-64/h1-52H. The average Bonchev–Trinajstić information content (AvgIpc) is 3.50. The number of para-hydroxylation sites is 5. The van der Waals surface area contributed by atoms with Crippen molar-refractivity contribution in [3.63, 3.8) is 0 Å². The molecule has 0 unspecified atom stereocenters. The summed E-state index contributed by atoms with van der Waals surface area (Å²) in [5.74, 6) is 0. The zero-order valence-corrected chi connectivity index (χ0v) is 41.8. The van der Waals surface area contributed by atoms with Gasteiger partial charge < -0.3 is 19.6 Å². The maximum atomic E-state index is 2.37. The van der Waals surface area contributed by atoms with Gasteiger partial charge in [-0.15, -0.1) is 0 Å². The van der Waals surface area contributed by atoms with Crippen LogP contribution >= 0.6 is 0 Å². The molecule has 0 saturated heterocycles. The normalized spacial score (nSPS) is 11.2. The molecule has 0 heterocycles. The van der Waals surface area contributed by atoms with Crippen LogP contribution in [-0.4, -0.2) is 0 Å². The van der Waals surface area contributed by atoms with E-state index in [2.05, 4.69) is 335 Å². The molecule has 360 valence electrons. The molecule has 4 nitrogen and oxygen atoms in total. The fourth-order valence-corrected chi connectivity index (χ4v) is 10.6. The lowest BCUT2D eigenvalue weighted by Gasteiger charge is -2.27. The molecule has 0 aliphatic rings. The highest BCUT2D eigenvalue weighted by Crippen LogP contribution is 2.43. The van der Waals surface area contributed by atoms with Crippen molar-refractivity contribution in [3.8, 4) is 11.1 Å². The molecule has 13 rings (SSSR count). The van der Waals surface area contributed by atoms with Crippen molar-refractivity contribution in [1.82, 2.24) is 0 Å². The minimum atomic E-state index is 1.08. The summed E-state index contributed by atoms with van der Waals surface area (Å²) in [6, 6.07) is 113. The Morgan fingerprint density at radius 1 is 0.132 bits per heavy atom. The summed E-state index contributed by atoms with van der Waals surface area (Å²) in [7, 11) is 0. The Balaban J connectivity index is 0.814. The third-order valence-corrected chi connectivity index (χ3v) is 14.3. The van der Waals surface area contributed by atoms with Gasteiger partial charge in [-0.2, -0.15) is 0 Å². The maximum Gasteiger partial charge on any atom is 0.0468 e. The van der Waals surface area contributed by atoms with Crippen molar-refractivity contribution in [3.05, 3.63) is 315 Å². The highest BCUT2D eigenvalue weighted by molar-refractivity contribution is 5.96. The van der Waals surface area contributed by atoms with E-state index < -0.39 is 0 Å². The molecular formula is C72H52N4. The van der Waals surface area contributed by atoms with Gasteiger partial charge >= 0.3 is 0 Å². The average molecular weight is 973 g/mol. The summed E-state index contributed by atoms with van der Waals surface area (Å²) < 4.78 is 0. The first-order chi connectivity index (χ1) is 37.7. The molecule has 0 aromatic heterocycles. The summed E-state index contributed by atoms with van der Waals surface area (Å²) in [5, 5.41) is 7.10. The SMILES string of the molecule is c1ccc(N(c2ccccc2)c2ccc3cc(N(c4ccccc4)c4ccc(-c5ccc(N(c6ccc7ccccc7c6)c6ccc7cc(N(c8ccccc8)c8ccccc8)ccc7c6)cc5)cc4)ccc3c2)cc1. The Morgan fingerprint density at radius 2 is 0.316 bits per heavy atom. The van der Waals surface area contributed by atoms with E-state index in [-0.39, 0.29) is 0 Å². The first kappa shape index (κ1) is 45.7. The fourth-order valence-electron chi connectivity index (χ4n) is 10.6. The molecule has 0 N–H and O–H groups in total. The summed E-state index contributed by atoms with van der Waals surface area (Å²) in [6.45, 7) is 0. The largest absolute Gasteiger partial charge is 0.310 e. The maximum absolute atomic E-state index is 2.37. The monoisotopic (exact) mass is 972 g/mol. The minimum Gasteiger partial charge on any atom is -0.310 e. The molecule has 0 saturated carbocycles. The lowest BCUT2D eigenvalue weighted by Crippen LogP contribution is -2.10. The van der Waals surface area contributed by atoms with E-state index in [0.29, 0.717) is 0 Å². The van der Waals surface area contributed by atoms with E-state index in [4.69, 9.17) is 0 Å². The van der Waals surface area contributed by atoms with Gasteiger partial charge in [-0.1, -0.05) is 170 Å². The van der Waals surface area contributed by atoms with Gasteiger partial charge in [0, 0.05) is 68.2 Å². The Hall–Kier alpha value is -10.2. The van der Waals surface area contributed by atoms with Gasteiger partial charge in [0.15, 0.2) is 0 Å². The van der Waals surface area contributed by atoms with Crippen LogP contribution in [0.2, 0.25) is 0 Å². The van der Waals surface area contributed by atoms with E-state index in [1.807, 2.05) is 0 Å². The summed E-state index contributed by atoms with van der Waals surface area (Å²) in [5.41, 5.74) is 15.5. The second-order valence-electron chi connectivity index (χ2n) is 19.1. The first-order valence-corrected chi connectivity index (χ1v) is 25.9. The fraction of sp³-hybridized carbons (Fsp3) is 0. The molecule has 0 radical (unpaired) electrons. The third kappa shape index (κ3) is 9.17. The molecule has 0 spiro atoms. The number of hydrogen-bond donors (Lipinski definition) is 0.